The second-order valence-electron chi connectivity index (χ2n) is 4.50. The zero-order valence-corrected chi connectivity index (χ0v) is 11.5. The molecule has 114 valence electrons. The third-order valence-corrected chi connectivity index (χ3v) is 3.27. The lowest BCUT2D eigenvalue weighted by Gasteiger charge is -2.34. The number of carbonyl (C=O) groups is 1. The first-order valence-electron chi connectivity index (χ1n) is 6.40. The largest absolute Gasteiger partial charge is 0.394 e. The van der Waals surface area contributed by atoms with Gasteiger partial charge in [-0.2, -0.15) is 0 Å². The minimum Gasteiger partial charge on any atom is -0.394 e. The summed E-state index contributed by atoms with van der Waals surface area (Å²) >= 11 is 0. The molecule has 0 aromatic carbocycles. The maximum Gasteiger partial charge on any atom is 0.300 e. The molecule has 1 aliphatic heterocycles. The zero-order valence-electron chi connectivity index (χ0n) is 11.5. The van der Waals surface area contributed by atoms with E-state index in [2.05, 4.69) is 10.3 Å². The summed E-state index contributed by atoms with van der Waals surface area (Å²) in [6, 6.07) is 0.835. The number of ether oxygens (including phenoxy) is 1. The van der Waals surface area contributed by atoms with Crippen LogP contribution in [0.1, 0.15) is 10.4 Å². The molecule has 21 heavy (non-hydrogen) atoms. The maximum absolute atomic E-state index is 12.6. The van der Waals surface area contributed by atoms with Gasteiger partial charge >= 0.3 is 0 Å². The Morgan fingerprint density at radius 2 is 2.48 bits per heavy atom. The molecule has 1 atom stereocenters. The SMILES string of the molecule is CNc1cc(C(=O)N2CCOCC2CO)c([N+](=O)[O-])cn1. The smallest absolute Gasteiger partial charge is 0.300 e. The maximum atomic E-state index is 12.6. The highest BCUT2D eigenvalue weighted by Gasteiger charge is 2.32. The van der Waals surface area contributed by atoms with Crippen molar-refractivity contribution in [2.75, 3.05) is 38.7 Å². The van der Waals surface area contributed by atoms with Gasteiger partial charge in [-0.05, 0) is 0 Å². The van der Waals surface area contributed by atoms with E-state index in [0.29, 0.717) is 12.4 Å². The summed E-state index contributed by atoms with van der Waals surface area (Å²) in [6.07, 6.45) is 1.05. The van der Waals surface area contributed by atoms with Crippen molar-refractivity contribution in [1.29, 1.82) is 0 Å². The summed E-state index contributed by atoms with van der Waals surface area (Å²) in [5.74, 6) is -0.152. The van der Waals surface area contributed by atoms with Crippen molar-refractivity contribution in [1.82, 2.24) is 9.88 Å². The quantitative estimate of drug-likeness (QED) is 0.586. The van der Waals surface area contributed by atoms with Crippen molar-refractivity contribution < 1.29 is 19.6 Å². The molecule has 1 unspecified atom stereocenters. The number of aromatic nitrogens is 1. The van der Waals surface area contributed by atoms with Crippen LogP contribution in [0.4, 0.5) is 11.5 Å². The molecule has 0 aliphatic carbocycles. The molecule has 9 nitrogen and oxygen atoms in total. The summed E-state index contributed by atoms with van der Waals surface area (Å²) in [5, 5.41) is 23.1. The molecule has 1 amide bonds. The molecule has 2 rings (SSSR count). The van der Waals surface area contributed by atoms with Crippen LogP contribution in [-0.2, 0) is 4.74 Å². The molecule has 9 heteroatoms. The van der Waals surface area contributed by atoms with E-state index in [1.165, 1.54) is 11.0 Å². The summed E-state index contributed by atoms with van der Waals surface area (Å²) in [6.45, 7) is 0.557. The predicted octanol–water partition coefficient (Wildman–Crippen LogP) is -0.135. The Balaban J connectivity index is 2.38. The number of aliphatic hydroxyl groups is 1. The lowest BCUT2D eigenvalue weighted by Crippen LogP contribution is -2.50. The van der Waals surface area contributed by atoms with E-state index < -0.39 is 16.9 Å². The van der Waals surface area contributed by atoms with Gasteiger partial charge in [0.25, 0.3) is 11.6 Å². The summed E-state index contributed by atoms with van der Waals surface area (Å²) in [7, 11) is 1.60. The van der Waals surface area contributed by atoms with Crippen molar-refractivity contribution in [2.45, 2.75) is 6.04 Å². The Bertz CT molecular complexity index is 550. The first kappa shape index (κ1) is 15.1. The van der Waals surface area contributed by atoms with Crippen LogP contribution in [0.3, 0.4) is 0 Å². The molecule has 1 saturated heterocycles. The highest BCUT2D eigenvalue weighted by atomic mass is 16.6. The molecule has 1 fully saturated rings. The molecule has 0 spiro atoms. The second-order valence-corrected chi connectivity index (χ2v) is 4.50. The number of hydrogen-bond acceptors (Lipinski definition) is 7. The van der Waals surface area contributed by atoms with Gasteiger partial charge in [0.05, 0.1) is 30.8 Å². The number of nitrogens with one attached hydrogen (secondary N) is 1. The third-order valence-electron chi connectivity index (χ3n) is 3.27. The van der Waals surface area contributed by atoms with E-state index >= 15 is 0 Å². The van der Waals surface area contributed by atoms with Gasteiger partial charge in [0.1, 0.15) is 17.6 Å². The average molecular weight is 296 g/mol. The molecule has 0 radical (unpaired) electrons. The lowest BCUT2D eigenvalue weighted by molar-refractivity contribution is -0.385. The predicted molar refractivity (Wildman–Crippen MR) is 73.2 cm³/mol. The molecular formula is C12H16N4O5. The zero-order chi connectivity index (χ0) is 15.4. The van der Waals surface area contributed by atoms with Crippen LogP contribution >= 0.6 is 0 Å². The van der Waals surface area contributed by atoms with Crippen molar-refractivity contribution in [3.05, 3.63) is 27.9 Å². The fraction of sp³-hybridized carbons (Fsp3) is 0.500. The summed E-state index contributed by atoms with van der Waals surface area (Å²) < 4.78 is 5.20. The molecule has 2 N–H and O–H groups in total. The molecule has 1 aromatic rings. The molecule has 0 saturated carbocycles. The Morgan fingerprint density at radius 1 is 1.71 bits per heavy atom. The van der Waals surface area contributed by atoms with Crippen LogP contribution in [0.25, 0.3) is 0 Å². The fourth-order valence-corrected chi connectivity index (χ4v) is 2.13. The topological polar surface area (TPSA) is 118 Å². The number of hydrogen-bond donors (Lipinski definition) is 2. The van der Waals surface area contributed by atoms with Crippen LogP contribution in [-0.4, -0.2) is 65.3 Å². The van der Waals surface area contributed by atoms with Gasteiger partial charge in [0, 0.05) is 19.7 Å². The van der Waals surface area contributed by atoms with Gasteiger partial charge < -0.3 is 20.1 Å². The number of pyridine rings is 1. The molecular weight excluding hydrogens is 280 g/mol. The number of nitrogens with zero attached hydrogens (tertiary/aromatic N) is 3. The average Bonchev–Trinajstić information content (AvgIpc) is 2.53. The van der Waals surface area contributed by atoms with Gasteiger partial charge in [-0.3, -0.25) is 14.9 Å². The number of morpholine rings is 1. The molecule has 0 bridgehead atoms. The van der Waals surface area contributed by atoms with Crippen LogP contribution in [0.15, 0.2) is 12.3 Å². The van der Waals surface area contributed by atoms with E-state index in [9.17, 15) is 20.0 Å². The summed E-state index contributed by atoms with van der Waals surface area (Å²) in [5.41, 5.74) is -0.415. The number of anilines is 1. The van der Waals surface area contributed by atoms with Gasteiger partial charge in [0.2, 0.25) is 0 Å². The Hall–Kier alpha value is -2.26. The second kappa shape index (κ2) is 6.46. The molecule has 1 aliphatic rings. The first-order valence-corrected chi connectivity index (χ1v) is 6.40. The normalized spacial score (nSPS) is 18.4. The van der Waals surface area contributed by atoms with E-state index in [-0.39, 0.29) is 31.0 Å². The lowest BCUT2D eigenvalue weighted by atomic mass is 10.1. The highest BCUT2D eigenvalue weighted by molar-refractivity contribution is 5.99. The molecule has 1 aromatic heterocycles. The Kier molecular flexibility index (Phi) is 4.66. The van der Waals surface area contributed by atoms with Gasteiger partial charge in [-0.1, -0.05) is 0 Å². The number of amides is 1. The first-order chi connectivity index (χ1) is 10.1. The van der Waals surface area contributed by atoms with Gasteiger partial charge in [-0.15, -0.1) is 0 Å². The van der Waals surface area contributed by atoms with Crippen LogP contribution in [0, 0.1) is 10.1 Å². The third kappa shape index (κ3) is 3.09. The monoisotopic (exact) mass is 296 g/mol. The van der Waals surface area contributed by atoms with Gasteiger partial charge in [-0.25, -0.2) is 4.98 Å². The van der Waals surface area contributed by atoms with E-state index in [1.54, 1.807) is 7.05 Å². The van der Waals surface area contributed by atoms with Crippen LogP contribution in [0.2, 0.25) is 0 Å². The van der Waals surface area contributed by atoms with Crippen molar-refractivity contribution in [3.8, 4) is 0 Å². The van der Waals surface area contributed by atoms with Crippen LogP contribution < -0.4 is 5.32 Å². The Morgan fingerprint density at radius 3 is 3.10 bits per heavy atom. The van der Waals surface area contributed by atoms with Gasteiger partial charge in [0.15, 0.2) is 0 Å². The number of nitro groups is 1. The minimum absolute atomic E-state index is 0.0558. The fourth-order valence-electron chi connectivity index (χ4n) is 2.13. The van der Waals surface area contributed by atoms with Crippen molar-refractivity contribution >= 4 is 17.4 Å². The van der Waals surface area contributed by atoms with Crippen LogP contribution in [0.5, 0.6) is 0 Å². The minimum atomic E-state index is -0.645. The highest BCUT2D eigenvalue weighted by Crippen LogP contribution is 2.23. The van der Waals surface area contributed by atoms with Crippen molar-refractivity contribution in [3.63, 3.8) is 0 Å². The number of aliphatic hydroxyl groups excluding tert-OH is 1. The summed E-state index contributed by atoms with van der Waals surface area (Å²) in [4.78, 5) is 28.2. The Labute approximate surface area is 120 Å². The van der Waals surface area contributed by atoms with E-state index in [4.69, 9.17) is 4.74 Å². The van der Waals surface area contributed by atoms with Crippen molar-refractivity contribution in [2.24, 2.45) is 0 Å². The number of carbonyl (C=O) groups excluding carboxylic acids is 1. The van der Waals surface area contributed by atoms with E-state index in [0.717, 1.165) is 6.20 Å². The number of rotatable bonds is 4. The molecule has 2 heterocycles. The standard InChI is InChI=1S/C12H16N4O5/c1-13-11-4-9(10(5-14-11)16(19)20)12(18)15-2-3-21-7-8(15)6-17/h4-5,8,17H,2-3,6-7H2,1H3,(H,13,14). The van der Waals surface area contributed by atoms with E-state index in [1.807, 2.05) is 0 Å².